The lowest BCUT2D eigenvalue weighted by molar-refractivity contribution is -0.152. The van der Waals surface area contributed by atoms with Crippen molar-refractivity contribution >= 4 is 51.9 Å². The topological polar surface area (TPSA) is 215 Å². The molecule has 0 spiro atoms. The fourth-order valence-electron chi connectivity index (χ4n) is 7.50. The van der Waals surface area contributed by atoms with E-state index in [1.54, 1.807) is 19.0 Å². The third kappa shape index (κ3) is 5.82. The van der Waals surface area contributed by atoms with Crippen LogP contribution in [0.15, 0.2) is 46.9 Å². The summed E-state index contributed by atoms with van der Waals surface area (Å²) in [6.07, 6.45) is -0.442. The first-order valence-corrected chi connectivity index (χ1v) is 16.2. The summed E-state index contributed by atoms with van der Waals surface area (Å²) in [7, 11) is 6.16. The molecule has 4 atom stereocenters. The SMILES string of the molecule is CN(C)c1cc(NC(=S)Nc2cc(C(C)(F)F)cc(C(C)(F)F)c2)c(O)c2c1C[C@H]1C[C@@]3(N)C(N(C)C)C(O)=C(C(N)=O)C(=O)[C@@]3(O)C(O)=C1C2=O. The van der Waals surface area contributed by atoms with Gasteiger partial charge >= 0.3 is 0 Å². The molecule has 2 aromatic carbocycles. The van der Waals surface area contributed by atoms with E-state index in [0.29, 0.717) is 25.6 Å². The number of halogens is 4. The maximum Gasteiger partial charge on any atom is 0.270 e. The zero-order valence-electron chi connectivity index (χ0n) is 28.9. The zero-order chi connectivity index (χ0) is 39.2. The fraction of sp³-hybridized carbons (Fsp3) is 0.412. The summed E-state index contributed by atoms with van der Waals surface area (Å²) in [6, 6.07) is 2.52. The lowest BCUT2D eigenvalue weighted by Crippen LogP contribution is -2.79. The van der Waals surface area contributed by atoms with Gasteiger partial charge in [-0.1, -0.05) is 0 Å². The minimum atomic E-state index is -3.48. The second-order valence-electron chi connectivity index (χ2n) is 14.0. The number of carbonyl (C=O) groups excluding carboxylic acids is 3. The number of likely N-dealkylation sites (N-methyl/N-ethyl adjacent to an activating group) is 1. The lowest BCUT2D eigenvalue weighted by atomic mass is 9.54. The van der Waals surface area contributed by atoms with Crippen molar-refractivity contribution in [2.75, 3.05) is 43.7 Å². The molecule has 0 bridgehead atoms. The molecule has 2 aromatic rings. The first kappa shape index (κ1) is 38.5. The molecule has 0 fully saturated rings. The Labute approximate surface area is 300 Å². The van der Waals surface area contributed by atoms with E-state index in [1.165, 1.54) is 25.1 Å². The van der Waals surface area contributed by atoms with Gasteiger partial charge in [-0.2, -0.15) is 0 Å². The minimum absolute atomic E-state index is 0.0763. The van der Waals surface area contributed by atoms with Gasteiger partial charge in [0.05, 0.1) is 22.8 Å². The zero-order valence-corrected chi connectivity index (χ0v) is 29.7. The molecule has 0 saturated heterocycles. The highest BCUT2D eigenvalue weighted by molar-refractivity contribution is 7.80. The lowest BCUT2D eigenvalue weighted by Gasteiger charge is -2.56. The number of nitrogens with two attached hydrogens (primary N) is 2. The van der Waals surface area contributed by atoms with Crippen molar-refractivity contribution in [1.82, 2.24) is 4.90 Å². The summed E-state index contributed by atoms with van der Waals surface area (Å²) in [5.74, 6) is -14.6. The molecule has 280 valence electrons. The molecule has 0 saturated carbocycles. The molecule has 1 unspecified atom stereocenters. The van der Waals surface area contributed by atoms with Gasteiger partial charge in [0.2, 0.25) is 11.4 Å². The van der Waals surface area contributed by atoms with E-state index >= 15 is 0 Å². The molecule has 3 aliphatic rings. The van der Waals surface area contributed by atoms with Crippen LogP contribution in [0.4, 0.5) is 34.6 Å². The number of hydrogen-bond donors (Lipinski definition) is 8. The molecule has 3 aliphatic carbocycles. The van der Waals surface area contributed by atoms with Crippen LogP contribution in [-0.2, 0) is 27.9 Å². The highest BCUT2D eigenvalue weighted by Gasteiger charge is 2.70. The Morgan fingerprint density at radius 1 is 0.981 bits per heavy atom. The Morgan fingerprint density at radius 2 is 1.54 bits per heavy atom. The van der Waals surface area contributed by atoms with Crippen molar-refractivity contribution < 1.29 is 52.4 Å². The second-order valence-corrected chi connectivity index (χ2v) is 14.4. The van der Waals surface area contributed by atoms with Crippen LogP contribution in [0, 0.1) is 5.92 Å². The van der Waals surface area contributed by atoms with Crippen molar-refractivity contribution in [3.8, 4) is 5.75 Å². The molecule has 18 heteroatoms. The highest BCUT2D eigenvalue weighted by Crippen LogP contribution is 2.55. The number of fused-ring (bicyclic) bond motifs is 3. The maximum atomic E-state index is 14.3. The number of phenolic OH excluding ortho intramolecular Hbond substituents is 1. The maximum absolute atomic E-state index is 14.3. The van der Waals surface area contributed by atoms with Crippen LogP contribution in [-0.4, -0.2) is 93.3 Å². The van der Waals surface area contributed by atoms with Gasteiger partial charge < -0.3 is 47.4 Å². The smallest absolute Gasteiger partial charge is 0.270 e. The number of rotatable bonds is 7. The number of amides is 1. The minimum Gasteiger partial charge on any atom is -0.510 e. The molecule has 52 heavy (non-hydrogen) atoms. The van der Waals surface area contributed by atoms with E-state index in [9.17, 15) is 52.4 Å². The monoisotopic (exact) mass is 750 g/mol. The summed E-state index contributed by atoms with van der Waals surface area (Å²) in [4.78, 5) is 43.3. The summed E-state index contributed by atoms with van der Waals surface area (Å²) >= 11 is 5.33. The molecule has 10 N–H and O–H groups in total. The number of hydrogen-bond acceptors (Lipinski definition) is 11. The normalized spacial score (nSPS) is 24.7. The number of ketones is 2. The van der Waals surface area contributed by atoms with E-state index < -0.39 is 92.0 Å². The number of Topliss-reactive ketones (excluding diaryl/α,β-unsaturated/α-hetero) is 2. The quantitative estimate of drug-likeness (QED) is 0.0884. The number of primary amides is 1. The average Bonchev–Trinajstić information content (AvgIpc) is 2.99. The number of aromatic hydroxyl groups is 1. The summed E-state index contributed by atoms with van der Waals surface area (Å²) in [5, 5.41) is 51.1. The average molecular weight is 751 g/mol. The fourth-order valence-corrected chi connectivity index (χ4v) is 7.73. The summed E-state index contributed by atoms with van der Waals surface area (Å²) < 4.78 is 56.8. The number of alkyl halides is 4. The summed E-state index contributed by atoms with van der Waals surface area (Å²) in [5.41, 5.74) is 3.78. The molecule has 1 amide bonds. The molecule has 0 aromatic heterocycles. The predicted molar refractivity (Wildman–Crippen MR) is 187 cm³/mol. The third-order valence-electron chi connectivity index (χ3n) is 9.83. The molecule has 0 aliphatic heterocycles. The standard InChI is InChI=1S/C34H38F4N6O7S/c1-31(35,36)14-8-15(32(2,37)38)10-16(9-14)41-30(52)42-18-11-19(43(3)4)17-7-13-12-33(40)26(44(5)6)25(47)22(29(39)50)28(49)34(33,51)27(48)20(13)24(46)21(17)23(18)45/h8-11,13,26,45,47-48,51H,7,12,40H2,1-6H3,(H2,39,50)(H2,41,42,52)/t13-,26?,33+,34-/m0/s1. The first-order chi connectivity index (χ1) is 23.8. The van der Waals surface area contributed by atoms with Crippen molar-refractivity contribution in [1.29, 1.82) is 0 Å². The van der Waals surface area contributed by atoms with E-state index in [2.05, 4.69) is 10.6 Å². The third-order valence-corrected chi connectivity index (χ3v) is 10.0. The largest absolute Gasteiger partial charge is 0.510 e. The Morgan fingerprint density at radius 3 is 2.02 bits per heavy atom. The molecule has 5 rings (SSSR count). The molecule has 13 nitrogen and oxygen atoms in total. The number of aliphatic hydroxyl groups is 3. The van der Waals surface area contributed by atoms with E-state index in [1.807, 2.05) is 0 Å². The van der Waals surface area contributed by atoms with Gasteiger partial charge in [0.1, 0.15) is 17.1 Å². The Kier molecular flexibility index (Phi) is 9.19. The molecular formula is C34H38F4N6O7S. The van der Waals surface area contributed by atoms with E-state index in [-0.39, 0.29) is 40.5 Å². The van der Waals surface area contributed by atoms with Crippen LogP contribution in [0.5, 0.6) is 5.75 Å². The first-order valence-electron chi connectivity index (χ1n) is 15.8. The van der Waals surface area contributed by atoms with Gasteiger partial charge in [-0.05, 0) is 74.9 Å². The number of aliphatic hydroxyl groups excluding tert-OH is 2. The number of nitrogens with zero attached hydrogens (tertiary/aromatic N) is 2. The summed E-state index contributed by atoms with van der Waals surface area (Å²) in [6.45, 7) is 1.09. The van der Waals surface area contributed by atoms with Crippen molar-refractivity contribution in [2.45, 2.75) is 55.7 Å². The number of phenols is 1. The highest BCUT2D eigenvalue weighted by atomic mass is 32.1. The van der Waals surface area contributed by atoms with Crippen LogP contribution in [0.3, 0.4) is 0 Å². The number of nitrogens with one attached hydrogen (secondary N) is 2. The number of carbonyl (C=O) groups is 3. The van der Waals surface area contributed by atoms with Crippen LogP contribution >= 0.6 is 12.2 Å². The van der Waals surface area contributed by atoms with Gasteiger partial charge in [0, 0.05) is 56.0 Å². The van der Waals surface area contributed by atoms with Crippen molar-refractivity contribution in [3.05, 3.63) is 69.2 Å². The Bertz CT molecular complexity index is 1980. The van der Waals surface area contributed by atoms with Gasteiger partial charge in [-0.25, -0.2) is 17.6 Å². The van der Waals surface area contributed by atoms with Crippen LogP contribution < -0.4 is 27.0 Å². The molecule has 0 heterocycles. The Hall–Kier alpha value is -4.78. The van der Waals surface area contributed by atoms with Gasteiger partial charge in [0.15, 0.2) is 16.6 Å². The number of anilines is 3. The second kappa shape index (κ2) is 12.4. The van der Waals surface area contributed by atoms with Crippen LogP contribution in [0.25, 0.3) is 0 Å². The van der Waals surface area contributed by atoms with Crippen molar-refractivity contribution in [3.63, 3.8) is 0 Å². The predicted octanol–water partition coefficient (Wildman–Crippen LogP) is 3.30. The van der Waals surface area contributed by atoms with Gasteiger partial charge in [-0.15, -0.1) is 0 Å². The Balaban J connectivity index is 1.61. The van der Waals surface area contributed by atoms with Gasteiger partial charge in [0.25, 0.3) is 17.8 Å². The van der Waals surface area contributed by atoms with Gasteiger partial charge in [-0.3, -0.25) is 19.3 Å². The molecular weight excluding hydrogens is 712 g/mol. The number of allylic oxidation sites excluding steroid dienone is 1. The van der Waals surface area contributed by atoms with E-state index in [0.717, 1.165) is 12.1 Å². The number of benzene rings is 2. The van der Waals surface area contributed by atoms with E-state index in [4.69, 9.17) is 23.7 Å². The molecule has 0 radical (unpaired) electrons. The van der Waals surface area contributed by atoms with Crippen molar-refractivity contribution in [2.24, 2.45) is 17.4 Å². The number of thiocarbonyl (C=S) groups is 1. The van der Waals surface area contributed by atoms with Crippen LogP contribution in [0.1, 0.15) is 47.3 Å². The van der Waals surface area contributed by atoms with Crippen LogP contribution in [0.2, 0.25) is 0 Å².